The van der Waals surface area contributed by atoms with Crippen LogP contribution in [-0.2, 0) is 11.2 Å². The molecule has 2 nitrogen and oxygen atoms in total. The minimum atomic E-state index is -0.813. The van der Waals surface area contributed by atoms with E-state index in [4.69, 9.17) is 4.74 Å². The summed E-state index contributed by atoms with van der Waals surface area (Å²) in [7, 11) is 0. The van der Waals surface area contributed by atoms with E-state index in [1.54, 1.807) is 36.4 Å². The number of benzene rings is 2. The van der Waals surface area contributed by atoms with E-state index < -0.39 is 11.6 Å². The number of unbranched alkanes of at least 4 members (excludes halogenated alkanes) is 4. The molecule has 1 saturated carbocycles. The molecule has 4 heteroatoms. The molecular weight excluding hydrogens is 394 g/mol. The zero-order valence-corrected chi connectivity index (χ0v) is 18.8. The summed E-state index contributed by atoms with van der Waals surface area (Å²) >= 11 is 0. The summed E-state index contributed by atoms with van der Waals surface area (Å²) in [6, 6.07) is 9.97. The summed E-state index contributed by atoms with van der Waals surface area (Å²) in [6.07, 6.45) is 10.1. The Morgan fingerprint density at radius 2 is 1.61 bits per heavy atom. The van der Waals surface area contributed by atoms with Gasteiger partial charge in [-0.1, -0.05) is 76.6 Å². The molecule has 31 heavy (non-hydrogen) atoms. The van der Waals surface area contributed by atoms with Gasteiger partial charge in [0, 0.05) is 5.56 Å². The van der Waals surface area contributed by atoms with E-state index in [9.17, 15) is 13.6 Å². The molecule has 2 aromatic rings. The Hall–Kier alpha value is -2.23. The first-order valence-corrected chi connectivity index (χ1v) is 11.8. The van der Waals surface area contributed by atoms with Crippen LogP contribution in [0.2, 0.25) is 0 Å². The number of carbonyl (C=O) groups excluding carboxylic acids is 1. The number of halogens is 2. The van der Waals surface area contributed by atoms with Crippen molar-refractivity contribution in [3.63, 3.8) is 0 Å². The van der Waals surface area contributed by atoms with E-state index in [-0.39, 0.29) is 17.5 Å². The molecule has 0 bridgehead atoms. The predicted molar refractivity (Wildman–Crippen MR) is 121 cm³/mol. The van der Waals surface area contributed by atoms with Crippen molar-refractivity contribution >= 4 is 5.97 Å². The number of ether oxygens (including phenoxy) is 1. The average Bonchev–Trinajstić information content (AvgIpc) is 2.74. The summed E-state index contributed by atoms with van der Waals surface area (Å²) in [6.45, 7) is 4.31. The van der Waals surface area contributed by atoms with Crippen molar-refractivity contribution in [2.45, 2.75) is 78.1 Å². The normalized spacial score (nSPS) is 17.9. The van der Waals surface area contributed by atoms with E-state index in [2.05, 4.69) is 13.8 Å². The third-order valence-electron chi connectivity index (χ3n) is 6.36. The van der Waals surface area contributed by atoms with Crippen LogP contribution in [0.4, 0.5) is 8.78 Å². The van der Waals surface area contributed by atoms with Crippen molar-refractivity contribution in [2.24, 2.45) is 11.8 Å². The van der Waals surface area contributed by atoms with Gasteiger partial charge in [-0.3, -0.25) is 4.79 Å². The molecule has 1 aliphatic carbocycles. The number of hydrogen-bond donors (Lipinski definition) is 0. The van der Waals surface area contributed by atoms with Crippen LogP contribution < -0.4 is 4.74 Å². The van der Waals surface area contributed by atoms with Crippen LogP contribution in [0.1, 0.15) is 77.2 Å². The van der Waals surface area contributed by atoms with E-state index in [1.165, 1.54) is 6.42 Å². The average molecular weight is 429 g/mol. The molecule has 0 radical (unpaired) electrons. The SMILES string of the molecule is CCCCCCCc1ccc(-c2ccc(OC(=O)C3CC(CCC)C3)cc2)c(F)c1F. The van der Waals surface area contributed by atoms with Gasteiger partial charge in [0.15, 0.2) is 11.6 Å². The second-order valence-electron chi connectivity index (χ2n) is 8.83. The Morgan fingerprint density at radius 1 is 0.903 bits per heavy atom. The van der Waals surface area contributed by atoms with Crippen molar-refractivity contribution < 1.29 is 18.3 Å². The quantitative estimate of drug-likeness (QED) is 0.207. The molecule has 0 unspecified atom stereocenters. The summed E-state index contributed by atoms with van der Waals surface area (Å²) in [5.41, 5.74) is 1.23. The first kappa shape index (κ1) is 23.4. The third kappa shape index (κ3) is 6.15. The highest BCUT2D eigenvalue weighted by Gasteiger charge is 2.35. The van der Waals surface area contributed by atoms with Gasteiger partial charge in [0.05, 0.1) is 5.92 Å². The van der Waals surface area contributed by atoms with Crippen LogP contribution in [0, 0.1) is 23.5 Å². The lowest BCUT2D eigenvalue weighted by Crippen LogP contribution is -2.33. The first-order chi connectivity index (χ1) is 15.0. The van der Waals surface area contributed by atoms with Crippen molar-refractivity contribution in [2.75, 3.05) is 0 Å². The minimum Gasteiger partial charge on any atom is -0.426 e. The van der Waals surface area contributed by atoms with Gasteiger partial charge in [-0.2, -0.15) is 0 Å². The first-order valence-electron chi connectivity index (χ1n) is 11.8. The molecule has 1 fully saturated rings. The Balaban J connectivity index is 1.58. The Labute approximate surface area is 185 Å². The molecule has 0 aliphatic heterocycles. The lowest BCUT2D eigenvalue weighted by molar-refractivity contribution is -0.143. The van der Waals surface area contributed by atoms with E-state index >= 15 is 0 Å². The summed E-state index contributed by atoms with van der Waals surface area (Å²) in [5, 5.41) is 0. The van der Waals surface area contributed by atoms with Gasteiger partial charge in [0.25, 0.3) is 0 Å². The highest BCUT2D eigenvalue weighted by atomic mass is 19.2. The van der Waals surface area contributed by atoms with Crippen molar-refractivity contribution in [3.05, 3.63) is 53.6 Å². The lowest BCUT2D eigenvalue weighted by Gasteiger charge is -2.33. The topological polar surface area (TPSA) is 26.3 Å². The molecule has 168 valence electrons. The second-order valence-corrected chi connectivity index (χ2v) is 8.83. The Kier molecular flexibility index (Phi) is 8.62. The van der Waals surface area contributed by atoms with Crippen LogP contribution in [0.25, 0.3) is 11.1 Å². The van der Waals surface area contributed by atoms with Gasteiger partial charge in [-0.25, -0.2) is 8.78 Å². The largest absolute Gasteiger partial charge is 0.426 e. The fourth-order valence-electron chi connectivity index (χ4n) is 4.40. The summed E-state index contributed by atoms with van der Waals surface area (Å²) < 4.78 is 34.7. The second kappa shape index (κ2) is 11.4. The Bertz CT molecular complexity index is 854. The number of carbonyl (C=O) groups is 1. The number of esters is 1. The fraction of sp³-hybridized carbons (Fsp3) is 0.519. The zero-order chi connectivity index (χ0) is 22.2. The molecule has 3 rings (SSSR count). The van der Waals surface area contributed by atoms with Gasteiger partial charge < -0.3 is 4.74 Å². The highest BCUT2D eigenvalue weighted by Crippen LogP contribution is 2.38. The molecular formula is C27H34F2O2. The fourth-order valence-corrected chi connectivity index (χ4v) is 4.40. The van der Waals surface area contributed by atoms with Crippen molar-refractivity contribution in [1.82, 2.24) is 0 Å². The molecule has 0 spiro atoms. The maximum Gasteiger partial charge on any atom is 0.314 e. The molecule has 0 atom stereocenters. The van der Waals surface area contributed by atoms with E-state index in [0.29, 0.717) is 29.2 Å². The zero-order valence-electron chi connectivity index (χ0n) is 18.8. The predicted octanol–water partition coefficient (Wildman–Crippen LogP) is 7.88. The molecule has 2 aromatic carbocycles. The molecule has 0 heterocycles. The van der Waals surface area contributed by atoms with E-state index in [0.717, 1.165) is 51.4 Å². The smallest absolute Gasteiger partial charge is 0.314 e. The summed E-state index contributed by atoms with van der Waals surface area (Å²) in [5.74, 6) is -0.695. The minimum absolute atomic E-state index is 0.0164. The lowest BCUT2D eigenvalue weighted by atomic mass is 9.73. The molecule has 0 N–H and O–H groups in total. The number of hydrogen-bond acceptors (Lipinski definition) is 2. The molecule has 0 amide bonds. The van der Waals surface area contributed by atoms with Crippen LogP contribution in [0.5, 0.6) is 5.75 Å². The van der Waals surface area contributed by atoms with Crippen LogP contribution >= 0.6 is 0 Å². The van der Waals surface area contributed by atoms with Crippen molar-refractivity contribution in [3.8, 4) is 16.9 Å². The van der Waals surface area contributed by atoms with Gasteiger partial charge >= 0.3 is 5.97 Å². The third-order valence-corrected chi connectivity index (χ3v) is 6.36. The number of aryl methyl sites for hydroxylation is 1. The Morgan fingerprint density at radius 3 is 2.29 bits per heavy atom. The summed E-state index contributed by atoms with van der Waals surface area (Å²) in [4.78, 5) is 12.2. The maximum atomic E-state index is 14.7. The highest BCUT2D eigenvalue weighted by molar-refractivity contribution is 5.76. The van der Waals surface area contributed by atoms with Crippen LogP contribution in [0.15, 0.2) is 36.4 Å². The van der Waals surface area contributed by atoms with Crippen molar-refractivity contribution in [1.29, 1.82) is 0 Å². The van der Waals surface area contributed by atoms with Gasteiger partial charge in [-0.15, -0.1) is 0 Å². The molecule has 1 aliphatic rings. The van der Waals surface area contributed by atoms with Gasteiger partial charge in [-0.05, 0) is 54.9 Å². The van der Waals surface area contributed by atoms with Crippen LogP contribution in [0.3, 0.4) is 0 Å². The number of rotatable bonds is 11. The maximum absolute atomic E-state index is 14.7. The molecule has 0 saturated heterocycles. The standard InChI is InChI=1S/C27H34F2O2/c1-3-5-6-7-8-10-21-13-16-24(26(29)25(21)28)20-11-14-23(15-12-20)31-27(30)22-17-19(18-22)9-4-2/h11-16,19,22H,3-10,17-18H2,1-2H3. The monoisotopic (exact) mass is 428 g/mol. The molecule has 0 aromatic heterocycles. The van der Waals surface area contributed by atoms with Gasteiger partial charge in [0.1, 0.15) is 5.75 Å². The van der Waals surface area contributed by atoms with Gasteiger partial charge in [0.2, 0.25) is 0 Å². The van der Waals surface area contributed by atoms with Crippen LogP contribution in [-0.4, -0.2) is 5.97 Å². The van der Waals surface area contributed by atoms with E-state index in [1.807, 2.05) is 0 Å².